The van der Waals surface area contributed by atoms with Gasteiger partial charge in [-0.2, -0.15) is 0 Å². The van der Waals surface area contributed by atoms with Crippen molar-refractivity contribution in [3.63, 3.8) is 0 Å². The summed E-state index contributed by atoms with van der Waals surface area (Å²) in [4.78, 5) is 2.39. The van der Waals surface area contributed by atoms with E-state index < -0.39 is 0 Å². The predicted molar refractivity (Wildman–Crippen MR) is 65.3 cm³/mol. The SMILES string of the molecule is Fc1ccc(C(Cl)CN2CCCCC2)cc1. The van der Waals surface area contributed by atoms with Crippen LogP contribution in [0.3, 0.4) is 0 Å². The van der Waals surface area contributed by atoms with Crippen LogP contribution < -0.4 is 0 Å². The van der Waals surface area contributed by atoms with E-state index in [2.05, 4.69) is 4.90 Å². The van der Waals surface area contributed by atoms with Crippen molar-refractivity contribution < 1.29 is 4.39 Å². The minimum atomic E-state index is -0.203. The Morgan fingerprint density at radius 1 is 1.12 bits per heavy atom. The zero-order valence-electron chi connectivity index (χ0n) is 9.33. The first-order valence-corrected chi connectivity index (χ1v) is 6.31. The maximum absolute atomic E-state index is 12.8. The molecular weight excluding hydrogens is 225 g/mol. The summed E-state index contributed by atoms with van der Waals surface area (Å²) in [7, 11) is 0. The zero-order chi connectivity index (χ0) is 11.4. The van der Waals surface area contributed by atoms with E-state index in [1.54, 1.807) is 12.1 Å². The Morgan fingerprint density at radius 2 is 1.75 bits per heavy atom. The highest BCUT2D eigenvalue weighted by Crippen LogP contribution is 2.23. The van der Waals surface area contributed by atoms with E-state index in [0.717, 1.165) is 25.2 Å². The second-order valence-electron chi connectivity index (χ2n) is 4.38. The average Bonchev–Trinajstić information content (AvgIpc) is 2.31. The van der Waals surface area contributed by atoms with Crippen LogP contribution in [0.5, 0.6) is 0 Å². The monoisotopic (exact) mass is 241 g/mol. The van der Waals surface area contributed by atoms with E-state index >= 15 is 0 Å². The lowest BCUT2D eigenvalue weighted by Crippen LogP contribution is -2.32. The van der Waals surface area contributed by atoms with Crippen LogP contribution in [-0.2, 0) is 0 Å². The quantitative estimate of drug-likeness (QED) is 0.731. The molecule has 1 aliphatic heterocycles. The standard InChI is InChI=1S/C13H17ClFN/c14-13(10-16-8-2-1-3-9-16)11-4-6-12(15)7-5-11/h4-7,13H,1-3,8-10H2. The maximum atomic E-state index is 12.8. The van der Waals surface area contributed by atoms with Crippen LogP contribution in [0, 0.1) is 5.82 Å². The third-order valence-electron chi connectivity index (χ3n) is 3.10. The van der Waals surface area contributed by atoms with Crippen LogP contribution in [0.25, 0.3) is 0 Å². The summed E-state index contributed by atoms with van der Waals surface area (Å²) in [5.74, 6) is -0.203. The van der Waals surface area contributed by atoms with Gasteiger partial charge in [0.05, 0.1) is 5.38 Å². The molecular formula is C13H17ClFN. The van der Waals surface area contributed by atoms with Crippen LogP contribution in [-0.4, -0.2) is 24.5 Å². The maximum Gasteiger partial charge on any atom is 0.123 e. The number of nitrogens with zero attached hydrogens (tertiary/aromatic N) is 1. The van der Waals surface area contributed by atoms with Crippen LogP contribution in [0.15, 0.2) is 24.3 Å². The average molecular weight is 242 g/mol. The third kappa shape index (κ3) is 3.19. The number of likely N-dealkylation sites (tertiary alicyclic amines) is 1. The third-order valence-corrected chi connectivity index (χ3v) is 3.49. The highest BCUT2D eigenvalue weighted by molar-refractivity contribution is 6.21. The van der Waals surface area contributed by atoms with Crippen molar-refractivity contribution >= 4 is 11.6 Å². The van der Waals surface area contributed by atoms with E-state index in [-0.39, 0.29) is 11.2 Å². The van der Waals surface area contributed by atoms with Crippen LogP contribution in [0.2, 0.25) is 0 Å². The number of piperidine rings is 1. The molecule has 0 aromatic heterocycles. The molecule has 1 fully saturated rings. The van der Waals surface area contributed by atoms with Gasteiger partial charge in [-0.05, 0) is 43.6 Å². The van der Waals surface area contributed by atoms with Gasteiger partial charge in [-0.25, -0.2) is 4.39 Å². The molecule has 0 N–H and O–H groups in total. The van der Waals surface area contributed by atoms with Crippen molar-refractivity contribution in [3.8, 4) is 0 Å². The molecule has 88 valence electrons. The molecule has 16 heavy (non-hydrogen) atoms. The summed E-state index contributed by atoms with van der Waals surface area (Å²) >= 11 is 6.33. The molecule has 0 saturated carbocycles. The number of halogens is 2. The molecule has 1 saturated heterocycles. The predicted octanol–water partition coefficient (Wildman–Crippen LogP) is 3.59. The molecule has 0 radical (unpaired) electrons. The second kappa shape index (κ2) is 5.65. The Morgan fingerprint density at radius 3 is 2.38 bits per heavy atom. The molecule has 1 aromatic rings. The summed E-state index contributed by atoms with van der Waals surface area (Å²) in [6, 6.07) is 6.50. The Kier molecular flexibility index (Phi) is 4.19. The summed E-state index contributed by atoms with van der Waals surface area (Å²) in [5.41, 5.74) is 1.01. The smallest absolute Gasteiger partial charge is 0.123 e. The molecule has 1 heterocycles. The minimum absolute atomic E-state index is 0.0290. The highest BCUT2D eigenvalue weighted by Gasteiger charge is 2.15. The van der Waals surface area contributed by atoms with Gasteiger partial charge in [-0.3, -0.25) is 0 Å². The molecule has 1 nitrogen and oxygen atoms in total. The van der Waals surface area contributed by atoms with E-state index in [0.29, 0.717) is 0 Å². The molecule has 0 aliphatic carbocycles. The fourth-order valence-electron chi connectivity index (χ4n) is 2.15. The summed E-state index contributed by atoms with van der Waals surface area (Å²) in [6.45, 7) is 3.15. The second-order valence-corrected chi connectivity index (χ2v) is 4.91. The van der Waals surface area contributed by atoms with Crippen molar-refractivity contribution in [1.29, 1.82) is 0 Å². The number of hydrogen-bond acceptors (Lipinski definition) is 1. The Bertz CT molecular complexity index is 319. The van der Waals surface area contributed by atoms with Gasteiger partial charge >= 0.3 is 0 Å². The van der Waals surface area contributed by atoms with Crippen LogP contribution in [0.1, 0.15) is 30.2 Å². The van der Waals surface area contributed by atoms with Gasteiger partial charge in [0.25, 0.3) is 0 Å². The summed E-state index contributed by atoms with van der Waals surface area (Å²) in [6.07, 6.45) is 3.88. The van der Waals surface area contributed by atoms with E-state index in [1.807, 2.05) is 0 Å². The van der Waals surface area contributed by atoms with Crippen molar-refractivity contribution in [2.45, 2.75) is 24.6 Å². The molecule has 1 aromatic carbocycles. The lowest BCUT2D eigenvalue weighted by Gasteiger charge is -2.28. The Hall–Kier alpha value is -0.600. The van der Waals surface area contributed by atoms with Crippen molar-refractivity contribution in [2.75, 3.05) is 19.6 Å². The largest absolute Gasteiger partial charge is 0.302 e. The molecule has 2 rings (SSSR count). The first kappa shape index (κ1) is 11.9. The Labute approximate surface area is 101 Å². The molecule has 3 heteroatoms. The minimum Gasteiger partial charge on any atom is -0.302 e. The highest BCUT2D eigenvalue weighted by atomic mass is 35.5. The van der Waals surface area contributed by atoms with E-state index in [9.17, 15) is 4.39 Å². The van der Waals surface area contributed by atoms with Gasteiger partial charge in [0.2, 0.25) is 0 Å². The Balaban J connectivity index is 1.91. The van der Waals surface area contributed by atoms with Gasteiger partial charge in [0.1, 0.15) is 5.82 Å². The van der Waals surface area contributed by atoms with Gasteiger partial charge < -0.3 is 4.90 Å². The molecule has 0 amide bonds. The van der Waals surface area contributed by atoms with Crippen molar-refractivity contribution in [2.24, 2.45) is 0 Å². The van der Waals surface area contributed by atoms with E-state index in [4.69, 9.17) is 11.6 Å². The molecule has 0 spiro atoms. The number of rotatable bonds is 3. The first-order chi connectivity index (χ1) is 7.75. The lowest BCUT2D eigenvalue weighted by atomic mass is 10.1. The van der Waals surface area contributed by atoms with Crippen LogP contribution >= 0.6 is 11.6 Å². The number of benzene rings is 1. The fraction of sp³-hybridized carbons (Fsp3) is 0.538. The summed E-state index contributed by atoms with van der Waals surface area (Å²) < 4.78 is 12.8. The van der Waals surface area contributed by atoms with Gasteiger partial charge in [-0.1, -0.05) is 18.6 Å². The topological polar surface area (TPSA) is 3.24 Å². The normalized spacial score (nSPS) is 19.6. The molecule has 1 unspecified atom stereocenters. The molecule has 1 atom stereocenters. The van der Waals surface area contributed by atoms with Gasteiger partial charge in [0.15, 0.2) is 0 Å². The first-order valence-electron chi connectivity index (χ1n) is 5.87. The van der Waals surface area contributed by atoms with Crippen molar-refractivity contribution in [1.82, 2.24) is 4.90 Å². The number of alkyl halides is 1. The lowest BCUT2D eigenvalue weighted by molar-refractivity contribution is 0.229. The number of hydrogen-bond donors (Lipinski definition) is 0. The fourth-order valence-corrected chi connectivity index (χ4v) is 2.49. The molecule has 0 bridgehead atoms. The summed E-state index contributed by atoms with van der Waals surface area (Å²) in [5, 5.41) is -0.0290. The van der Waals surface area contributed by atoms with E-state index in [1.165, 1.54) is 31.4 Å². The van der Waals surface area contributed by atoms with Gasteiger partial charge in [-0.15, -0.1) is 11.6 Å². The molecule has 1 aliphatic rings. The van der Waals surface area contributed by atoms with Gasteiger partial charge in [0, 0.05) is 6.54 Å². The van der Waals surface area contributed by atoms with Crippen LogP contribution in [0.4, 0.5) is 4.39 Å². The zero-order valence-corrected chi connectivity index (χ0v) is 10.1. The van der Waals surface area contributed by atoms with Crippen molar-refractivity contribution in [3.05, 3.63) is 35.6 Å².